The summed E-state index contributed by atoms with van der Waals surface area (Å²) in [5.41, 5.74) is 3.50. The molecule has 0 aliphatic carbocycles. The lowest BCUT2D eigenvalue weighted by Crippen LogP contribution is -1.97. The van der Waals surface area contributed by atoms with Crippen LogP contribution in [0.15, 0.2) is 42.5 Å². The van der Waals surface area contributed by atoms with Gasteiger partial charge in [0.2, 0.25) is 0 Å². The highest BCUT2D eigenvalue weighted by atomic mass is 16.5. The van der Waals surface area contributed by atoms with E-state index in [1.165, 1.54) is 0 Å². The van der Waals surface area contributed by atoms with Crippen molar-refractivity contribution in [2.24, 2.45) is 0 Å². The Morgan fingerprint density at radius 1 is 1.15 bits per heavy atom. The van der Waals surface area contributed by atoms with Crippen molar-refractivity contribution in [3.8, 4) is 11.8 Å². The maximum absolute atomic E-state index is 9.15. The van der Waals surface area contributed by atoms with Crippen LogP contribution in [0.5, 0.6) is 5.75 Å². The van der Waals surface area contributed by atoms with Crippen molar-refractivity contribution in [2.75, 3.05) is 11.9 Å². The lowest BCUT2D eigenvalue weighted by Gasteiger charge is -2.12. The van der Waals surface area contributed by atoms with Crippen molar-refractivity contribution in [1.29, 1.82) is 5.26 Å². The fourth-order valence-corrected chi connectivity index (χ4v) is 1.93. The minimum absolute atomic E-state index is 0.649. The molecule has 0 aromatic heterocycles. The zero-order valence-electron chi connectivity index (χ0n) is 11.8. The number of para-hydroxylation sites is 1. The second-order valence-corrected chi connectivity index (χ2v) is 4.61. The Morgan fingerprint density at radius 3 is 2.55 bits per heavy atom. The van der Waals surface area contributed by atoms with Crippen LogP contribution >= 0.6 is 0 Å². The number of rotatable bonds is 5. The van der Waals surface area contributed by atoms with Gasteiger partial charge in [-0.25, -0.2) is 0 Å². The van der Waals surface area contributed by atoms with Crippen LogP contribution in [0.2, 0.25) is 0 Å². The van der Waals surface area contributed by atoms with E-state index in [-0.39, 0.29) is 0 Å². The molecule has 20 heavy (non-hydrogen) atoms. The summed E-state index contributed by atoms with van der Waals surface area (Å²) in [6, 6.07) is 15.7. The predicted octanol–water partition coefficient (Wildman–Crippen LogP) is 4.40. The molecule has 0 heterocycles. The van der Waals surface area contributed by atoms with E-state index < -0.39 is 0 Å². The third-order valence-corrected chi connectivity index (χ3v) is 2.99. The first kappa shape index (κ1) is 14.0. The van der Waals surface area contributed by atoms with Crippen LogP contribution in [0.3, 0.4) is 0 Å². The summed E-state index contributed by atoms with van der Waals surface area (Å²) >= 11 is 0. The molecule has 0 amide bonds. The Balaban J connectivity index is 2.17. The molecule has 1 N–H and O–H groups in total. The van der Waals surface area contributed by atoms with E-state index in [4.69, 9.17) is 10.00 Å². The monoisotopic (exact) mass is 266 g/mol. The minimum Gasteiger partial charge on any atom is -0.494 e. The molecule has 0 atom stereocenters. The minimum atomic E-state index is 0.649. The summed E-state index contributed by atoms with van der Waals surface area (Å²) in [6.45, 7) is 4.79. The number of hydrogen-bond donors (Lipinski definition) is 1. The molecule has 0 spiro atoms. The van der Waals surface area contributed by atoms with Crippen molar-refractivity contribution >= 4 is 11.4 Å². The molecule has 0 aliphatic rings. The average Bonchev–Trinajstić information content (AvgIpc) is 2.48. The summed E-state index contributed by atoms with van der Waals surface area (Å²) in [4.78, 5) is 0. The van der Waals surface area contributed by atoms with Crippen molar-refractivity contribution in [1.82, 2.24) is 0 Å². The van der Waals surface area contributed by atoms with E-state index in [9.17, 15) is 0 Å². The van der Waals surface area contributed by atoms with Gasteiger partial charge in [-0.2, -0.15) is 5.26 Å². The van der Waals surface area contributed by atoms with Gasteiger partial charge in [0.15, 0.2) is 0 Å². The Labute approximate surface area is 119 Å². The van der Waals surface area contributed by atoms with Crippen molar-refractivity contribution < 1.29 is 4.74 Å². The molecule has 2 aromatic carbocycles. The van der Waals surface area contributed by atoms with Crippen LogP contribution in [0.4, 0.5) is 11.4 Å². The highest BCUT2D eigenvalue weighted by Gasteiger charge is 2.05. The quantitative estimate of drug-likeness (QED) is 0.872. The fourth-order valence-electron chi connectivity index (χ4n) is 1.93. The van der Waals surface area contributed by atoms with Gasteiger partial charge in [0.1, 0.15) is 11.8 Å². The standard InChI is InChI=1S/C17H18N2O/c1-3-11-20-16-9-7-15(8-10-16)19-17-13(2)5-4-6-14(17)12-18/h4-10,19H,3,11H2,1-2H3. The summed E-state index contributed by atoms with van der Waals surface area (Å²) in [7, 11) is 0. The molecular weight excluding hydrogens is 248 g/mol. The van der Waals surface area contributed by atoms with Gasteiger partial charge < -0.3 is 10.1 Å². The Kier molecular flexibility index (Phi) is 4.62. The van der Waals surface area contributed by atoms with Gasteiger partial charge >= 0.3 is 0 Å². The van der Waals surface area contributed by atoms with Crippen molar-refractivity contribution in [2.45, 2.75) is 20.3 Å². The molecule has 0 bridgehead atoms. The van der Waals surface area contributed by atoms with E-state index in [0.717, 1.165) is 35.7 Å². The molecule has 0 fully saturated rings. The van der Waals surface area contributed by atoms with Gasteiger partial charge in [-0.15, -0.1) is 0 Å². The van der Waals surface area contributed by atoms with Crippen molar-refractivity contribution in [3.63, 3.8) is 0 Å². The molecule has 3 nitrogen and oxygen atoms in total. The summed E-state index contributed by atoms with van der Waals surface area (Å²) in [5, 5.41) is 12.4. The van der Waals surface area contributed by atoms with E-state index in [2.05, 4.69) is 18.3 Å². The Morgan fingerprint density at radius 2 is 1.90 bits per heavy atom. The number of nitrogens with zero attached hydrogens (tertiary/aromatic N) is 1. The van der Waals surface area contributed by atoms with Gasteiger partial charge in [-0.3, -0.25) is 0 Å². The molecule has 2 aromatic rings. The second-order valence-electron chi connectivity index (χ2n) is 4.61. The van der Waals surface area contributed by atoms with Crippen molar-refractivity contribution in [3.05, 3.63) is 53.6 Å². The topological polar surface area (TPSA) is 45.0 Å². The number of anilines is 2. The molecular formula is C17H18N2O. The van der Waals surface area contributed by atoms with Crippen LogP contribution in [0, 0.1) is 18.3 Å². The maximum atomic E-state index is 9.15. The molecule has 0 saturated heterocycles. The number of hydrogen-bond acceptors (Lipinski definition) is 3. The van der Waals surface area contributed by atoms with Crippen LogP contribution < -0.4 is 10.1 Å². The molecule has 2 rings (SSSR count). The zero-order chi connectivity index (χ0) is 14.4. The van der Waals surface area contributed by atoms with E-state index in [1.54, 1.807) is 0 Å². The number of ether oxygens (including phenoxy) is 1. The summed E-state index contributed by atoms with van der Waals surface area (Å²) < 4.78 is 5.55. The van der Waals surface area contributed by atoms with Gasteiger partial charge in [0.05, 0.1) is 17.9 Å². The van der Waals surface area contributed by atoms with E-state index in [0.29, 0.717) is 5.56 Å². The van der Waals surface area contributed by atoms with Crippen LogP contribution in [-0.2, 0) is 0 Å². The van der Waals surface area contributed by atoms with Gasteiger partial charge in [-0.05, 0) is 49.2 Å². The van der Waals surface area contributed by atoms with Gasteiger partial charge in [0, 0.05) is 5.69 Å². The van der Waals surface area contributed by atoms with Gasteiger partial charge in [-0.1, -0.05) is 19.1 Å². The molecule has 0 unspecified atom stereocenters. The average molecular weight is 266 g/mol. The van der Waals surface area contributed by atoms with E-state index >= 15 is 0 Å². The first-order chi connectivity index (χ1) is 9.74. The van der Waals surface area contributed by atoms with Gasteiger partial charge in [0.25, 0.3) is 0 Å². The number of nitrogens with one attached hydrogen (secondary N) is 1. The first-order valence-corrected chi connectivity index (χ1v) is 6.74. The Bertz CT molecular complexity index is 612. The second kappa shape index (κ2) is 6.63. The highest BCUT2D eigenvalue weighted by Crippen LogP contribution is 2.25. The summed E-state index contributed by atoms with van der Waals surface area (Å²) in [6.07, 6.45) is 0.995. The maximum Gasteiger partial charge on any atom is 0.119 e. The molecule has 102 valence electrons. The summed E-state index contributed by atoms with van der Waals surface area (Å²) in [5.74, 6) is 0.864. The lowest BCUT2D eigenvalue weighted by molar-refractivity contribution is 0.317. The normalized spacial score (nSPS) is 9.85. The molecule has 0 radical (unpaired) electrons. The number of benzene rings is 2. The zero-order valence-corrected chi connectivity index (χ0v) is 11.8. The lowest BCUT2D eigenvalue weighted by atomic mass is 10.1. The fraction of sp³-hybridized carbons (Fsp3) is 0.235. The SMILES string of the molecule is CCCOc1ccc(Nc2c(C)cccc2C#N)cc1. The van der Waals surface area contributed by atoms with Crippen LogP contribution in [0.25, 0.3) is 0 Å². The molecule has 3 heteroatoms. The van der Waals surface area contributed by atoms with Crippen LogP contribution in [-0.4, -0.2) is 6.61 Å². The smallest absolute Gasteiger partial charge is 0.119 e. The predicted molar refractivity (Wildman–Crippen MR) is 81.4 cm³/mol. The molecule has 0 aliphatic heterocycles. The number of nitriles is 1. The number of aryl methyl sites for hydroxylation is 1. The van der Waals surface area contributed by atoms with Crippen LogP contribution in [0.1, 0.15) is 24.5 Å². The van der Waals surface area contributed by atoms with E-state index in [1.807, 2.05) is 49.4 Å². The third kappa shape index (κ3) is 3.30. The molecule has 0 saturated carbocycles. The Hall–Kier alpha value is -2.47. The first-order valence-electron chi connectivity index (χ1n) is 6.74. The largest absolute Gasteiger partial charge is 0.494 e. The highest BCUT2D eigenvalue weighted by molar-refractivity contribution is 5.70. The third-order valence-electron chi connectivity index (χ3n) is 2.99.